The topological polar surface area (TPSA) is 81.1 Å². The van der Waals surface area contributed by atoms with Crippen LogP contribution in [0.5, 0.6) is 0 Å². The number of nitrogens with one attached hydrogen (secondary N) is 1. The Kier molecular flexibility index (Phi) is 5.52. The molecule has 0 atom stereocenters. The van der Waals surface area contributed by atoms with Crippen molar-refractivity contribution in [1.82, 2.24) is 9.78 Å². The Morgan fingerprint density at radius 3 is 2.15 bits per heavy atom. The fraction of sp³-hybridized carbons (Fsp3) is 0.120. The summed E-state index contributed by atoms with van der Waals surface area (Å²) >= 11 is 6.18. The van der Waals surface area contributed by atoms with Crippen LogP contribution in [0.3, 0.4) is 0 Å². The van der Waals surface area contributed by atoms with Crippen LogP contribution in [0.1, 0.15) is 28.3 Å². The number of carbonyl (C=O) groups is 1. The third-order valence-corrected chi connectivity index (χ3v) is 7.29. The van der Waals surface area contributed by atoms with Crippen molar-refractivity contribution in [3.63, 3.8) is 0 Å². The summed E-state index contributed by atoms with van der Waals surface area (Å²) in [5, 5.41) is 8.03. The van der Waals surface area contributed by atoms with Gasteiger partial charge >= 0.3 is 0 Å². The van der Waals surface area contributed by atoms with E-state index in [2.05, 4.69) is 10.4 Å². The predicted molar refractivity (Wildman–Crippen MR) is 128 cm³/mol. The zero-order valence-electron chi connectivity index (χ0n) is 17.5. The maximum absolute atomic E-state index is 13.7. The molecule has 6 nitrogen and oxygen atoms in total. The lowest BCUT2D eigenvalue weighted by molar-refractivity contribution is -0.116. The number of hydrogen-bond acceptors (Lipinski definition) is 4. The molecule has 1 aliphatic rings. The number of benzene rings is 3. The summed E-state index contributed by atoms with van der Waals surface area (Å²) in [6.07, 6.45) is 0. The third kappa shape index (κ3) is 4.29. The van der Waals surface area contributed by atoms with Crippen molar-refractivity contribution >= 4 is 33.2 Å². The number of carbonyl (C=O) groups excluding carboxylic acids is 1. The highest BCUT2D eigenvalue weighted by atomic mass is 35.5. The van der Waals surface area contributed by atoms with Gasteiger partial charge in [-0.2, -0.15) is 5.10 Å². The number of halogens is 1. The number of rotatable bonds is 5. The van der Waals surface area contributed by atoms with Crippen LogP contribution in [0.4, 0.5) is 5.82 Å². The minimum Gasteiger partial charge on any atom is -0.309 e. The molecule has 1 amide bonds. The second-order valence-corrected chi connectivity index (χ2v) is 10.4. The number of aromatic nitrogens is 2. The van der Waals surface area contributed by atoms with Crippen LogP contribution in [0, 0.1) is 0 Å². The van der Waals surface area contributed by atoms with Gasteiger partial charge in [-0.25, -0.2) is 13.1 Å². The van der Waals surface area contributed by atoms with E-state index in [9.17, 15) is 13.2 Å². The van der Waals surface area contributed by atoms with Gasteiger partial charge < -0.3 is 5.32 Å². The Morgan fingerprint density at radius 1 is 0.909 bits per heavy atom. The molecule has 2 heterocycles. The molecule has 3 aromatic carbocycles. The molecule has 0 saturated heterocycles. The summed E-state index contributed by atoms with van der Waals surface area (Å²) < 4.78 is 26.1. The van der Waals surface area contributed by atoms with Gasteiger partial charge in [-0.05, 0) is 29.3 Å². The fourth-order valence-corrected chi connectivity index (χ4v) is 5.82. The second kappa shape index (κ2) is 8.50. The number of anilines is 1. The van der Waals surface area contributed by atoms with E-state index < -0.39 is 15.8 Å². The summed E-state index contributed by atoms with van der Waals surface area (Å²) in [6, 6.07) is 26.0. The van der Waals surface area contributed by atoms with Gasteiger partial charge in [0, 0.05) is 10.6 Å². The summed E-state index contributed by atoms with van der Waals surface area (Å²) in [7, 11) is -3.31. The van der Waals surface area contributed by atoms with Gasteiger partial charge in [0.2, 0.25) is 5.91 Å². The van der Waals surface area contributed by atoms with Crippen LogP contribution in [0.2, 0.25) is 5.02 Å². The van der Waals surface area contributed by atoms with Crippen molar-refractivity contribution in [2.24, 2.45) is 0 Å². The molecule has 166 valence electrons. The van der Waals surface area contributed by atoms with E-state index in [1.54, 1.807) is 22.9 Å². The van der Waals surface area contributed by atoms with E-state index in [0.717, 1.165) is 11.1 Å². The number of nitrogens with zero attached hydrogens (tertiary/aromatic N) is 2. The standard InChI is InChI=1S/C25H20ClN3O3S/c26-19-12-7-13-20(14-19)29-24(21-15-33(31,32)16-22(21)28-29)27-25(30)23(17-8-3-1-4-9-17)18-10-5-2-6-11-18/h1-14,23H,15-16H2,(H,27,30). The molecule has 1 aliphatic heterocycles. The van der Waals surface area contributed by atoms with Crippen molar-refractivity contribution in [1.29, 1.82) is 0 Å². The van der Waals surface area contributed by atoms with Crippen molar-refractivity contribution < 1.29 is 13.2 Å². The van der Waals surface area contributed by atoms with Crippen LogP contribution < -0.4 is 5.32 Å². The lowest BCUT2D eigenvalue weighted by Gasteiger charge is -2.19. The lowest BCUT2D eigenvalue weighted by atomic mass is 9.90. The molecule has 4 aromatic rings. The molecule has 0 aliphatic carbocycles. The molecule has 0 fully saturated rings. The van der Waals surface area contributed by atoms with E-state index in [1.807, 2.05) is 66.7 Å². The highest BCUT2D eigenvalue weighted by Gasteiger charge is 2.34. The zero-order chi connectivity index (χ0) is 23.0. The highest BCUT2D eigenvalue weighted by molar-refractivity contribution is 7.90. The first-order valence-corrected chi connectivity index (χ1v) is 12.6. The smallest absolute Gasteiger partial charge is 0.237 e. The molecular weight excluding hydrogens is 458 g/mol. The molecule has 33 heavy (non-hydrogen) atoms. The Morgan fingerprint density at radius 2 is 1.55 bits per heavy atom. The monoisotopic (exact) mass is 477 g/mol. The van der Waals surface area contributed by atoms with Crippen molar-refractivity contribution in [2.45, 2.75) is 17.4 Å². The molecule has 1 aromatic heterocycles. The van der Waals surface area contributed by atoms with E-state index in [4.69, 9.17) is 11.6 Å². The maximum Gasteiger partial charge on any atom is 0.237 e. The zero-order valence-corrected chi connectivity index (χ0v) is 19.1. The largest absolute Gasteiger partial charge is 0.309 e. The van der Waals surface area contributed by atoms with Gasteiger partial charge in [0.15, 0.2) is 9.84 Å². The minimum absolute atomic E-state index is 0.153. The second-order valence-electron chi connectivity index (χ2n) is 7.94. The van der Waals surface area contributed by atoms with Crippen LogP contribution in [0.15, 0.2) is 84.9 Å². The van der Waals surface area contributed by atoms with Crippen LogP contribution in [-0.4, -0.2) is 24.1 Å². The third-order valence-electron chi connectivity index (χ3n) is 5.61. The average Bonchev–Trinajstić information content (AvgIpc) is 3.28. The molecule has 0 saturated carbocycles. The van der Waals surface area contributed by atoms with E-state index in [-0.39, 0.29) is 17.4 Å². The summed E-state index contributed by atoms with van der Waals surface area (Å²) in [6.45, 7) is 0. The molecule has 0 spiro atoms. The Labute approximate surface area is 196 Å². The quantitative estimate of drug-likeness (QED) is 0.450. The Hall–Kier alpha value is -3.42. The first kappa shape index (κ1) is 21.4. The van der Waals surface area contributed by atoms with Crippen LogP contribution in [0.25, 0.3) is 5.69 Å². The Balaban J connectivity index is 1.60. The normalized spacial score (nSPS) is 14.2. The van der Waals surface area contributed by atoms with Crippen LogP contribution in [-0.2, 0) is 26.1 Å². The molecule has 5 rings (SSSR count). The fourth-order valence-electron chi connectivity index (χ4n) is 4.14. The maximum atomic E-state index is 13.7. The van der Waals surface area contributed by atoms with E-state index in [0.29, 0.717) is 27.8 Å². The lowest BCUT2D eigenvalue weighted by Crippen LogP contribution is -2.24. The summed E-state index contributed by atoms with van der Waals surface area (Å²) in [5.41, 5.74) is 3.27. The van der Waals surface area contributed by atoms with Crippen molar-refractivity contribution in [2.75, 3.05) is 5.32 Å². The van der Waals surface area contributed by atoms with E-state index >= 15 is 0 Å². The Bertz CT molecular complexity index is 1400. The van der Waals surface area contributed by atoms with Crippen molar-refractivity contribution in [3.05, 3.63) is 112 Å². The number of sulfone groups is 1. The van der Waals surface area contributed by atoms with Crippen molar-refractivity contribution in [3.8, 4) is 5.69 Å². The number of hydrogen-bond donors (Lipinski definition) is 1. The average molecular weight is 478 g/mol. The molecule has 0 unspecified atom stereocenters. The highest BCUT2D eigenvalue weighted by Crippen LogP contribution is 2.35. The SMILES string of the molecule is O=C(Nc1c2c(nn1-c1cccc(Cl)c1)CS(=O)(=O)C2)C(c1ccccc1)c1ccccc1. The van der Waals surface area contributed by atoms with Gasteiger partial charge in [0.1, 0.15) is 5.82 Å². The van der Waals surface area contributed by atoms with Gasteiger partial charge in [0.25, 0.3) is 0 Å². The first-order chi connectivity index (χ1) is 15.9. The summed E-state index contributed by atoms with van der Waals surface area (Å²) in [4.78, 5) is 13.7. The number of amides is 1. The molecule has 1 N–H and O–H groups in total. The number of fused-ring (bicyclic) bond motifs is 1. The predicted octanol–water partition coefficient (Wildman–Crippen LogP) is 4.72. The van der Waals surface area contributed by atoms with Crippen LogP contribution >= 0.6 is 11.6 Å². The van der Waals surface area contributed by atoms with E-state index in [1.165, 1.54) is 0 Å². The van der Waals surface area contributed by atoms with Gasteiger partial charge in [0.05, 0.1) is 28.8 Å². The molecule has 8 heteroatoms. The molecule has 0 bridgehead atoms. The molecular formula is C25H20ClN3O3S. The first-order valence-electron chi connectivity index (χ1n) is 10.4. The summed E-state index contributed by atoms with van der Waals surface area (Å²) in [5.74, 6) is -0.818. The van der Waals surface area contributed by atoms with Gasteiger partial charge in [-0.3, -0.25) is 4.79 Å². The van der Waals surface area contributed by atoms with Gasteiger partial charge in [-0.15, -0.1) is 0 Å². The van der Waals surface area contributed by atoms with Gasteiger partial charge in [-0.1, -0.05) is 78.3 Å². The minimum atomic E-state index is -3.31. The molecule has 0 radical (unpaired) electrons.